The maximum atomic E-state index is 11.6. The van der Waals surface area contributed by atoms with Gasteiger partial charge in [0.1, 0.15) is 0 Å². The lowest BCUT2D eigenvalue weighted by atomic mass is 9.93. The number of benzene rings is 3. The molecule has 6 heteroatoms. The Labute approximate surface area is 226 Å². The highest BCUT2D eigenvalue weighted by molar-refractivity contribution is 5.85. The summed E-state index contributed by atoms with van der Waals surface area (Å²) in [4.78, 5) is 16.0. The zero-order chi connectivity index (χ0) is 27.0. The molecule has 1 aliphatic carbocycles. The fraction of sp³-hybridized carbons (Fsp3) is 0.182. The smallest absolute Gasteiger partial charge is 0.314 e. The van der Waals surface area contributed by atoms with E-state index in [0.29, 0.717) is 25.1 Å². The van der Waals surface area contributed by atoms with Gasteiger partial charge in [-0.25, -0.2) is 4.98 Å². The summed E-state index contributed by atoms with van der Waals surface area (Å²) in [6.45, 7) is 1.97. The van der Waals surface area contributed by atoms with E-state index in [9.17, 15) is 9.90 Å². The van der Waals surface area contributed by atoms with Crippen LogP contribution < -0.4 is 4.74 Å². The maximum absolute atomic E-state index is 11.6. The Morgan fingerprint density at radius 2 is 1.62 bits per heavy atom. The number of carbonyl (C=O) groups is 1. The minimum Gasteiger partial charge on any atom is -0.481 e. The number of carboxylic acids is 1. The van der Waals surface area contributed by atoms with Crippen LogP contribution in [0.5, 0.6) is 5.88 Å². The van der Waals surface area contributed by atoms with Gasteiger partial charge in [0, 0.05) is 29.3 Å². The number of hydrogen-bond donors (Lipinski definition) is 1. The van der Waals surface area contributed by atoms with Crippen molar-refractivity contribution in [1.29, 1.82) is 0 Å². The number of aromatic nitrogens is 2. The Morgan fingerprint density at radius 3 is 2.28 bits per heavy atom. The van der Waals surface area contributed by atoms with E-state index in [1.165, 1.54) is 0 Å². The minimum absolute atomic E-state index is 0.597. The van der Waals surface area contributed by atoms with Crippen LogP contribution in [-0.4, -0.2) is 28.3 Å². The number of ether oxygens (including phenoxy) is 1. The van der Waals surface area contributed by atoms with E-state index in [-0.39, 0.29) is 0 Å². The third kappa shape index (κ3) is 4.59. The Hall–Kier alpha value is -4.71. The van der Waals surface area contributed by atoms with E-state index in [1.54, 1.807) is 13.3 Å². The summed E-state index contributed by atoms with van der Waals surface area (Å²) in [5, 5.41) is 13.8. The average Bonchev–Trinajstić information content (AvgIpc) is 3.72. The molecule has 0 aliphatic heterocycles. The summed E-state index contributed by atoms with van der Waals surface area (Å²) in [5.74, 6) is 0.623. The number of methoxy groups -OCH3 is 1. The van der Waals surface area contributed by atoms with Gasteiger partial charge < -0.3 is 14.4 Å². The molecule has 5 aromatic rings. The van der Waals surface area contributed by atoms with Gasteiger partial charge in [-0.1, -0.05) is 78.0 Å². The molecule has 1 saturated carbocycles. The molecule has 1 N–H and O–H groups in total. The van der Waals surface area contributed by atoms with Gasteiger partial charge in [0.2, 0.25) is 5.88 Å². The van der Waals surface area contributed by atoms with Gasteiger partial charge in [-0.2, -0.15) is 0 Å². The van der Waals surface area contributed by atoms with Crippen LogP contribution in [0.15, 0.2) is 95.6 Å². The van der Waals surface area contributed by atoms with Crippen molar-refractivity contribution in [3.63, 3.8) is 0 Å². The Balaban J connectivity index is 1.24. The number of hydrogen-bond acceptors (Lipinski definition) is 5. The van der Waals surface area contributed by atoms with Crippen molar-refractivity contribution in [3.05, 3.63) is 114 Å². The molecule has 6 nitrogen and oxygen atoms in total. The summed E-state index contributed by atoms with van der Waals surface area (Å²) in [6, 6.07) is 28.4. The van der Waals surface area contributed by atoms with Gasteiger partial charge in [0.05, 0.1) is 18.2 Å². The molecule has 3 aromatic carbocycles. The second-order valence-corrected chi connectivity index (χ2v) is 10.1. The highest BCUT2D eigenvalue weighted by Gasteiger charge is 2.51. The minimum atomic E-state index is -0.735. The molecular formula is C33H28N2O4. The first-order valence-electron chi connectivity index (χ1n) is 13.0. The monoisotopic (exact) mass is 516 g/mol. The molecule has 0 atom stereocenters. The van der Waals surface area contributed by atoms with Gasteiger partial charge in [-0.05, 0) is 59.7 Å². The molecule has 0 amide bonds. The first-order valence-corrected chi connectivity index (χ1v) is 13.0. The Morgan fingerprint density at radius 1 is 0.923 bits per heavy atom. The van der Waals surface area contributed by atoms with Crippen LogP contribution in [0.2, 0.25) is 0 Å². The largest absolute Gasteiger partial charge is 0.481 e. The van der Waals surface area contributed by atoms with E-state index in [4.69, 9.17) is 9.26 Å². The predicted octanol–water partition coefficient (Wildman–Crippen LogP) is 7.09. The third-order valence-corrected chi connectivity index (χ3v) is 7.65. The lowest BCUT2D eigenvalue weighted by molar-refractivity contribution is -0.140. The quantitative estimate of drug-likeness (QED) is 0.237. The van der Waals surface area contributed by atoms with Crippen LogP contribution in [0.4, 0.5) is 0 Å². The fourth-order valence-corrected chi connectivity index (χ4v) is 5.20. The third-order valence-electron chi connectivity index (χ3n) is 7.65. The molecule has 0 radical (unpaired) electrons. The number of aryl methyl sites for hydroxylation is 1. The molecule has 39 heavy (non-hydrogen) atoms. The summed E-state index contributed by atoms with van der Waals surface area (Å²) >= 11 is 0. The van der Waals surface area contributed by atoms with E-state index >= 15 is 0 Å². The first-order chi connectivity index (χ1) is 19.0. The van der Waals surface area contributed by atoms with Crippen LogP contribution in [0.25, 0.3) is 33.6 Å². The molecule has 194 valence electrons. The SMILES string of the molecule is COc1ncccc1-c1cccc(Cc2c(C)noc2-c2ccc(-c3ccc(C4(C(=O)O)CC4)cc3)cc2)c1. The summed E-state index contributed by atoms with van der Waals surface area (Å²) in [7, 11) is 1.63. The number of carboxylic acid groups (broad SMARTS) is 1. The summed E-state index contributed by atoms with van der Waals surface area (Å²) in [6.07, 6.45) is 3.81. The standard InChI is InChI=1S/C33H28N2O4/c1-21-29(20-22-5-3-6-26(19-22)28-7-4-18-34-31(28)38-2)30(39-35-21)25-10-8-23(9-11-25)24-12-14-27(15-13-24)33(16-17-33)32(36)37/h3-15,18-19H,16-17,20H2,1-2H3,(H,36,37). The maximum Gasteiger partial charge on any atom is 0.314 e. The van der Waals surface area contributed by atoms with Gasteiger partial charge in [0.25, 0.3) is 0 Å². The van der Waals surface area contributed by atoms with Crippen LogP contribution >= 0.6 is 0 Å². The van der Waals surface area contributed by atoms with E-state index in [2.05, 4.69) is 40.5 Å². The number of rotatable bonds is 8. The second kappa shape index (κ2) is 9.87. The van der Waals surface area contributed by atoms with Crippen molar-refractivity contribution in [2.75, 3.05) is 7.11 Å². The van der Waals surface area contributed by atoms with E-state index in [0.717, 1.165) is 56.0 Å². The van der Waals surface area contributed by atoms with Gasteiger partial charge in [-0.3, -0.25) is 4.79 Å². The van der Waals surface area contributed by atoms with Gasteiger partial charge in [-0.15, -0.1) is 0 Å². The van der Waals surface area contributed by atoms with Crippen LogP contribution in [0.1, 0.15) is 35.2 Å². The summed E-state index contributed by atoms with van der Waals surface area (Å²) in [5.41, 5.74) is 8.28. The van der Waals surface area contributed by atoms with Crippen LogP contribution in [0.3, 0.4) is 0 Å². The fourth-order valence-electron chi connectivity index (χ4n) is 5.20. The molecule has 0 bridgehead atoms. The number of pyridine rings is 1. The molecule has 2 aromatic heterocycles. The molecule has 0 saturated heterocycles. The highest BCUT2D eigenvalue weighted by Crippen LogP contribution is 2.48. The molecule has 6 rings (SSSR count). The molecular weight excluding hydrogens is 488 g/mol. The topological polar surface area (TPSA) is 85.5 Å². The van der Waals surface area contributed by atoms with Crippen LogP contribution in [0, 0.1) is 6.92 Å². The zero-order valence-electron chi connectivity index (χ0n) is 21.8. The van der Waals surface area contributed by atoms with E-state index < -0.39 is 11.4 Å². The van der Waals surface area contributed by atoms with Crippen LogP contribution in [-0.2, 0) is 16.6 Å². The van der Waals surface area contributed by atoms with Gasteiger partial charge in [0.15, 0.2) is 5.76 Å². The number of aliphatic carboxylic acids is 1. The predicted molar refractivity (Wildman–Crippen MR) is 150 cm³/mol. The van der Waals surface area contributed by atoms with Crippen molar-refractivity contribution in [2.45, 2.75) is 31.6 Å². The molecule has 1 aliphatic rings. The first kappa shape index (κ1) is 24.6. The molecule has 0 spiro atoms. The summed E-state index contributed by atoms with van der Waals surface area (Å²) < 4.78 is 11.3. The van der Waals surface area contributed by atoms with Crippen molar-refractivity contribution in [1.82, 2.24) is 10.1 Å². The van der Waals surface area contributed by atoms with Gasteiger partial charge >= 0.3 is 5.97 Å². The lowest BCUT2D eigenvalue weighted by Gasteiger charge is -2.11. The van der Waals surface area contributed by atoms with Crippen molar-refractivity contribution in [3.8, 4) is 39.5 Å². The van der Waals surface area contributed by atoms with Crippen molar-refractivity contribution in [2.24, 2.45) is 0 Å². The second-order valence-electron chi connectivity index (χ2n) is 10.1. The molecule has 0 unspecified atom stereocenters. The molecule has 1 fully saturated rings. The van der Waals surface area contributed by atoms with E-state index in [1.807, 2.05) is 61.5 Å². The Bertz CT molecular complexity index is 1650. The zero-order valence-corrected chi connectivity index (χ0v) is 21.8. The number of nitrogens with zero attached hydrogens (tertiary/aromatic N) is 2. The molecule has 2 heterocycles. The average molecular weight is 517 g/mol. The van der Waals surface area contributed by atoms with Crippen molar-refractivity contribution >= 4 is 5.97 Å². The highest BCUT2D eigenvalue weighted by atomic mass is 16.5. The normalized spacial score (nSPS) is 13.7. The lowest BCUT2D eigenvalue weighted by Crippen LogP contribution is -2.19. The Kier molecular flexibility index (Phi) is 6.23. The van der Waals surface area contributed by atoms with Crippen molar-refractivity contribution < 1.29 is 19.2 Å².